The summed E-state index contributed by atoms with van der Waals surface area (Å²) in [6, 6.07) is -1.47. The third kappa shape index (κ3) is 3.95. The monoisotopic (exact) mass is 538 g/mol. The van der Waals surface area contributed by atoms with Crippen LogP contribution < -0.4 is 0 Å². The lowest BCUT2D eigenvalue weighted by atomic mass is 9.89. The van der Waals surface area contributed by atoms with Crippen molar-refractivity contribution in [1.29, 1.82) is 0 Å². The van der Waals surface area contributed by atoms with Gasteiger partial charge >= 0.3 is 47.9 Å². The van der Waals surface area contributed by atoms with E-state index in [1.54, 1.807) is 0 Å². The van der Waals surface area contributed by atoms with Gasteiger partial charge in [0.2, 0.25) is 0 Å². The zero-order valence-electron chi connectivity index (χ0n) is 15.1. The van der Waals surface area contributed by atoms with Crippen molar-refractivity contribution in [1.82, 2.24) is 0 Å². The zero-order valence-corrected chi connectivity index (χ0v) is 15.1. The molecule has 1 aromatic rings. The van der Waals surface area contributed by atoms with E-state index in [2.05, 4.69) is 6.58 Å². The molecule has 0 spiro atoms. The first kappa shape index (κ1) is 29.7. The summed E-state index contributed by atoms with van der Waals surface area (Å²) in [5.41, 5.74) is -7.72. The number of hydrogen-bond acceptors (Lipinski definition) is 0. The normalized spacial score (nSPS) is 15.5. The smallest absolute Gasteiger partial charge is 0.194 e. The van der Waals surface area contributed by atoms with Crippen molar-refractivity contribution in [2.24, 2.45) is 0 Å². The highest BCUT2D eigenvalue weighted by atomic mass is 19.4. The van der Waals surface area contributed by atoms with Gasteiger partial charge in [0.1, 0.15) is 0 Å². The molecule has 0 N–H and O–H groups in total. The predicted molar refractivity (Wildman–Crippen MR) is 73.7 cm³/mol. The van der Waals surface area contributed by atoms with Gasteiger partial charge in [0.25, 0.3) is 0 Å². The van der Waals surface area contributed by atoms with Gasteiger partial charge in [-0.05, 0) is 23.8 Å². The Hall–Kier alpha value is -2.30. The maximum absolute atomic E-state index is 14.0. The van der Waals surface area contributed by atoms with Crippen LogP contribution in [0.4, 0.5) is 79.0 Å². The van der Waals surface area contributed by atoms with E-state index in [1.165, 1.54) is 0 Å². The Morgan fingerprint density at radius 3 is 1.24 bits per heavy atom. The molecule has 0 aliphatic heterocycles. The van der Waals surface area contributed by atoms with Crippen molar-refractivity contribution >= 4 is 6.08 Å². The summed E-state index contributed by atoms with van der Waals surface area (Å²) in [6.45, 7) is 4.57. The number of hydrogen-bond donors (Lipinski definition) is 0. The summed E-state index contributed by atoms with van der Waals surface area (Å²) in [5, 5.41) is 0. The average molecular weight is 538 g/mol. The van der Waals surface area contributed by atoms with E-state index in [0.29, 0.717) is 6.07 Å². The predicted octanol–water partition coefficient (Wildman–Crippen LogP) is 7.78. The van der Waals surface area contributed by atoms with Crippen LogP contribution in [-0.2, 0) is 11.8 Å². The van der Waals surface area contributed by atoms with E-state index in [0.717, 1.165) is 0 Å². The molecule has 0 fully saturated rings. The zero-order chi connectivity index (χ0) is 27.6. The summed E-state index contributed by atoms with van der Waals surface area (Å²) in [7, 11) is 0. The lowest BCUT2D eigenvalue weighted by molar-refractivity contribution is -0.400. The number of benzene rings is 1. The molecule has 18 heteroatoms. The second-order valence-corrected chi connectivity index (χ2v) is 6.32. The Morgan fingerprint density at radius 2 is 0.912 bits per heavy atom. The van der Waals surface area contributed by atoms with Gasteiger partial charge in [-0.3, -0.25) is 0 Å². The van der Waals surface area contributed by atoms with E-state index < -0.39 is 82.8 Å². The Balaban J connectivity index is 3.76. The summed E-state index contributed by atoms with van der Waals surface area (Å²) in [6.07, 6.45) is -15.1. The largest absolute Gasteiger partial charge is 0.460 e. The molecule has 0 nitrogen and oxygen atoms in total. The molecule has 0 aliphatic carbocycles. The van der Waals surface area contributed by atoms with Crippen molar-refractivity contribution in [3.8, 4) is 0 Å². The van der Waals surface area contributed by atoms with E-state index in [1.807, 2.05) is 0 Å². The Kier molecular flexibility index (Phi) is 6.87. The summed E-state index contributed by atoms with van der Waals surface area (Å²) < 4.78 is 234. The minimum Gasteiger partial charge on any atom is -0.194 e. The first-order valence-electron chi connectivity index (χ1n) is 7.68. The lowest BCUT2D eigenvalue weighted by Gasteiger charge is -2.35. The maximum atomic E-state index is 14.0. The molecule has 0 saturated carbocycles. The Labute approximate surface area is 175 Å². The molecule has 0 saturated heterocycles. The minimum absolute atomic E-state index is 0.504. The van der Waals surface area contributed by atoms with Gasteiger partial charge < -0.3 is 0 Å². The van der Waals surface area contributed by atoms with Crippen LogP contribution in [0, 0.1) is 12.6 Å². The van der Waals surface area contributed by atoms with Gasteiger partial charge in [0, 0.05) is 11.1 Å². The third-order valence-corrected chi connectivity index (χ3v) is 4.13. The second-order valence-electron chi connectivity index (χ2n) is 6.32. The van der Waals surface area contributed by atoms with Gasteiger partial charge in [-0.15, -0.1) is 0 Å². The van der Waals surface area contributed by atoms with Crippen LogP contribution in [0.25, 0.3) is 6.08 Å². The van der Waals surface area contributed by atoms with Crippen molar-refractivity contribution in [2.75, 3.05) is 0 Å². The third-order valence-electron chi connectivity index (χ3n) is 4.13. The maximum Gasteiger partial charge on any atom is 0.460 e. The fourth-order valence-electron chi connectivity index (χ4n) is 2.19. The molecule has 0 atom stereocenters. The second kappa shape index (κ2) is 7.86. The summed E-state index contributed by atoms with van der Waals surface area (Å²) in [5.74, 6) is -43.1. The van der Waals surface area contributed by atoms with E-state index in [-0.39, 0.29) is 0 Å². The quantitative estimate of drug-likeness (QED) is 0.311. The Bertz CT molecular complexity index is 917. The number of alkyl halides is 18. The fourth-order valence-corrected chi connectivity index (χ4v) is 2.19. The molecule has 0 unspecified atom stereocenters. The molecule has 34 heavy (non-hydrogen) atoms. The van der Waals surface area contributed by atoms with Gasteiger partial charge in [-0.25, -0.2) is 0 Å². The minimum atomic E-state index is -7.49. The SMILES string of the molecule is [CH]=Cc1cc(C(F)(F)C(F)(F)C(F)(F)C(F)(F)F)[c]cc1C(F)(F)C(F)(F)C(F)(F)C(F)(F)F. The molecular weight excluding hydrogens is 534 g/mol. The summed E-state index contributed by atoms with van der Waals surface area (Å²) in [4.78, 5) is 0. The molecule has 1 rings (SSSR count). The van der Waals surface area contributed by atoms with Crippen molar-refractivity contribution in [3.05, 3.63) is 41.5 Å². The molecule has 1 aromatic carbocycles. The number of rotatable bonds is 7. The first-order chi connectivity index (χ1) is 14.7. The molecule has 0 aromatic heterocycles. The molecule has 0 bridgehead atoms. The summed E-state index contributed by atoms with van der Waals surface area (Å²) >= 11 is 0. The van der Waals surface area contributed by atoms with Crippen LogP contribution >= 0.6 is 0 Å². The van der Waals surface area contributed by atoms with Crippen molar-refractivity contribution in [3.63, 3.8) is 0 Å². The molecule has 2 radical (unpaired) electrons. The van der Waals surface area contributed by atoms with Crippen LogP contribution in [-0.4, -0.2) is 36.0 Å². The van der Waals surface area contributed by atoms with Crippen molar-refractivity contribution < 1.29 is 79.0 Å². The van der Waals surface area contributed by atoms with Crippen LogP contribution in [0.2, 0.25) is 0 Å². The topological polar surface area (TPSA) is 0 Å². The first-order valence-corrected chi connectivity index (χ1v) is 7.68. The van der Waals surface area contributed by atoms with Crippen LogP contribution in [0.1, 0.15) is 16.7 Å². The average Bonchev–Trinajstić information content (AvgIpc) is 2.64. The highest BCUT2D eigenvalue weighted by Crippen LogP contribution is 2.59. The number of halogens is 18. The highest BCUT2D eigenvalue weighted by Gasteiger charge is 2.83. The molecule has 0 aliphatic rings. The van der Waals surface area contributed by atoms with Crippen molar-refractivity contribution in [2.45, 2.75) is 47.9 Å². The highest BCUT2D eigenvalue weighted by molar-refractivity contribution is 5.55. The molecular formula is C16H4F18. The van der Waals surface area contributed by atoms with Gasteiger partial charge in [0.15, 0.2) is 0 Å². The van der Waals surface area contributed by atoms with E-state index in [9.17, 15) is 79.0 Å². The van der Waals surface area contributed by atoms with Gasteiger partial charge in [-0.1, -0.05) is 12.7 Å². The lowest BCUT2D eigenvalue weighted by Crippen LogP contribution is -2.60. The van der Waals surface area contributed by atoms with Gasteiger partial charge in [0.05, 0.1) is 0 Å². The van der Waals surface area contributed by atoms with Crippen LogP contribution in [0.15, 0.2) is 12.1 Å². The van der Waals surface area contributed by atoms with Crippen LogP contribution in [0.3, 0.4) is 0 Å². The Morgan fingerprint density at radius 1 is 0.559 bits per heavy atom. The van der Waals surface area contributed by atoms with E-state index >= 15 is 0 Å². The van der Waals surface area contributed by atoms with E-state index in [4.69, 9.17) is 0 Å². The standard InChI is InChI=1S/C16H4F18/c1-2-6-5-7(9(17,18)11(21,22)13(25,26)15(29,30)31)3-4-8(6)10(19,20)12(23,24)14(27,28)16(32,33)34/h1-2,4-5H. The van der Waals surface area contributed by atoms with Gasteiger partial charge in [-0.2, -0.15) is 79.0 Å². The molecule has 0 amide bonds. The fraction of sp³-hybridized carbons (Fsp3) is 0.500. The molecule has 0 heterocycles. The molecule has 194 valence electrons. The van der Waals surface area contributed by atoms with Crippen LogP contribution in [0.5, 0.6) is 0 Å².